The molecule has 0 aromatic rings. The topological polar surface area (TPSA) is 38.5 Å². The largest absolute Gasteiger partial charge is 0.376 e. The molecule has 0 bridgehead atoms. The van der Waals surface area contributed by atoms with Crippen LogP contribution in [0.25, 0.3) is 0 Å². The summed E-state index contributed by atoms with van der Waals surface area (Å²) < 4.78 is 5.81. The lowest BCUT2D eigenvalue weighted by molar-refractivity contribution is -0.0945. The van der Waals surface area contributed by atoms with Gasteiger partial charge in [0.15, 0.2) is 0 Å². The van der Waals surface area contributed by atoms with Gasteiger partial charge in [-0.3, -0.25) is 4.90 Å². The summed E-state index contributed by atoms with van der Waals surface area (Å²) in [6, 6.07) is 1.19. The number of ether oxygens (including phenoxy) is 1. The highest BCUT2D eigenvalue weighted by Gasteiger charge is 2.39. The standard InChI is InChI=1S/C15H32N2O/c1-7-12-10-18-11(3)9-17(12)14(13(16)8-2)15(4,5)6/h11-14H,7-10,16H2,1-6H3. The number of hydrogen-bond donors (Lipinski definition) is 1. The van der Waals surface area contributed by atoms with E-state index in [0.717, 1.165) is 26.0 Å². The van der Waals surface area contributed by atoms with Crippen molar-refractivity contribution in [2.75, 3.05) is 13.2 Å². The summed E-state index contributed by atoms with van der Waals surface area (Å²) in [6.45, 7) is 15.4. The highest BCUT2D eigenvalue weighted by atomic mass is 16.5. The van der Waals surface area contributed by atoms with Crippen LogP contribution in [0.2, 0.25) is 0 Å². The fraction of sp³-hybridized carbons (Fsp3) is 1.00. The minimum Gasteiger partial charge on any atom is -0.376 e. The van der Waals surface area contributed by atoms with Crippen molar-refractivity contribution in [1.82, 2.24) is 4.90 Å². The summed E-state index contributed by atoms with van der Waals surface area (Å²) in [4.78, 5) is 2.61. The second kappa shape index (κ2) is 6.36. The zero-order chi connectivity index (χ0) is 13.9. The third kappa shape index (κ3) is 3.69. The molecule has 0 amide bonds. The van der Waals surface area contributed by atoms with Crippen LogP contribution in [0.1, 0.15) is 54.4 Å². The van der Waals surface area contributed by atoms with Gasteiger partial charge in [-0.1, -0.05) is 34.6 Å². The Hall–Kier alpha value is -0.120. The summed E-state index contributed by atoms with van der Waals surface area (Å²) in [7, 11) is 0. The maximum absolute atomic E-state index is 6.41. The van der Waals surface area contributed by atoms with Crippen molar-refractivity contribution >= 4 is 0 Å². The molecular weight excluding hydrogens is 224 g/mol. The summed E-state index contributed by atoms with van der Waals surface area (Å²) in [5.41, 5.74) is 6.62. The molecule has 0 aliphatic carbocycles. The lowest BCUT2D eigenvalue weighted by Gasteiger charge is -2.50. The molecule has 1 rings (SSSR count). The molecule has 0 aromatic heterocycles. The summed E-state index contributed by atoms with van der Waals surface area (Å²) >= 11 is 0. The Morgan fingerprint density at radius 3 is 2.39 bits per heavy atom. The molecule has 0 radical (unpaired) electrons. The molecule has 1 heterocycles. The van der Waals surface area contributed by atoms with Gasteiger partial charge in [-0.15, -0.1) is 0 Å². The molecule has 0 aromatic carbocycles. The molecule has 3 nitrogen and oxygen atoms in total. The van der Waals surface area contributed by atoms with Gasteiger partial charge in [0, 0.05) is 24.7 Å². The Bertz CT molecular complexity index is 249. The van der Waals surface area contributed by atoms with Gasteiger partial charge in [0.2, 0.25) is 0 Å². The number of morpholine rings is 1. The van der Waals surface area contributed by atoms with Gasteiger partial charge in [0.1, 0.15) is 0 Å². The monoisotopic (exact) mass is 256 g/mol. The van der Waals surface area contributed by atoms with Crippen molar-refractivity contribution in [2.45, 2.75) is 78.6 Å². The Morgan fingerprint density at radius 1 is 1.33 bits per heavy atom. The number of rotatable bonds is 4. The maximum Gasteiger partial charge on any atom is 0.0674 e. The highest BCUT2D eigenvalue weighted by Crippen LogP contribution is 2.31. The van der Waals surface area contributed by atoms with Crippen molar-refractivity contribution in [3.05, 3.63) is 0 Å². The Labute approximate surface area is 113 Å². The maximum atomic E-state index is 6.41. The molecule has 1 aliphatic heterocycles. The summed E-state index contributed by atoms with van der Waals surface area (Å²) in [5, 5.41) is 0. The van der Waals surface area contributed by atoms with Crippen molar-refractivity contribution in [1.29, 1.82) is 0 Å². The van der Waals surface area contributed by atoms with Gasteiger partial charge in [0.25, 0.3) is 0 Å². The van der Waals surface area contributed by atoms with E-state index in [1.54, 1.807) is 0 Å². The van der Waals surface area contributed by atoms with Crippen molar-refractivity contribution < 1.29 is 4.74 Å². The molecule has 4 atom stereocenters. The van der Waals surface area contributed by atoms with E-state index in [-0.39, 0.29) is 11.5 Å². The molecule has 1 saturated heterocycles. The van der Waals surface area contributed by atoms with E-state index in [0.29, 0.717) is 18.2 Å². The predicted octanol–water partition coefficient (Wildman–Crippen LogP) is 2.64. The van der Waals surface area contributed by atoms with Gasteiger partial charge >= 0.3 is 0 Å². The molecule has 3 heteroatoms. The zero-order valence-corrected chi connectivity index (χ0v) is 13.1. The van der Waals surface area contributed by atoms with Gasteiger partial charge in [-0.05, 0) is 25.2 Å². The lowest BCUT2D eigenvalue weighted by atomic mass is 9.79. The Morgan fingerprint density at radius 2 is 1.94 bits per heavy atom. The van der Waals surface area contributed by atoms with E-state index in [2.05, 4.69) is 46.4 Å². The normalized spacial score (nSPS) is 30.2. The fourth-order valence-electron chi connectivity index (χ4n) is 3.17. The predicted molar refractivity (Wildman–Crippen MR) is 77.7 cm³/mol. The van der Waals surface area contributed by atoms with Crippen LogP contribution in [0.15, 0.2) is 0 Å². The second-order valence-corrected chi connectivity index (χ2v) is 6.79. The quantitative estimate of drug-likeness (QED) is 0.840. The molecule has 108 valence electrons. The van der Waals surface area contributed by atoms with Crippen LogP contribution in [0, 0.1) is 5.41 Å². The van der Waals surface area contributed by atoms with Crippen LogP contribution in [0.3, 0.4) is 0 Å². The lowest BCUT2D eigenvalue weighted by Crippen LogP contribution is -2.62. The van der Waals surface area contributed by atoms with Crippen molar-refractivity contribution in [2.24, 2.45) is 11.1 Å². The molecule has 4 unspecified atom stereocenters. The van der Waals surface area contributed by atoms with Gasteiger partial charge in [-0.2, -0.15) is 0 Å². The van der Waals surface area contributed by atoms with E-state index < -0.39 is 0 Å². The highest BCUT2D eigenvalue weighted by molar-refractivity contribution is 4.95. The van der Waals surface area contributed by atoms with Crippen LogP contribution in [0.5, 0.6) is 0 Å². The average Bonchev–Trinajstić information content (AvgIpc) is 2.27. The molecule has 2 N–H and O–H groups in total. The first-order valence-electron chi connectivity index (χ1n) is 7.44. The smallest absolute Gasteiger partial charge is 0.0674 e. The van der Waals surface area contributed by atoms with Gasteiger partial charge in [0.05, 0.1) is 12.7 Å². The van der Waals surface area contributed by atoms with Gasteiger partial charge < -0.3 is 10.5 Å². The molecule has 1 aliphatic rings. The first kappa shape index (κ1) is 15.9. The van der Waals surface area contributed by atoms with Crippen molar-refractivity contribution in [3.8, 4) is 0 Å². The third-order valence-corrected chi connectivity index (χ3v) is 4.10. The minimum absolute atomic E-state index is 0.208. The first-order valence-corrected chi connectivity index (χ1v) is 7.44. The Balaban J connectivity index is 2.94. The van der Waals surface area contributed by atoms with Crippen LogP contribution < -0.4 is 5.73 Å². The molecular formula is C15H32N2O. The molecule has 18 heavy (non-hydrogen) atoms. The average molecular weight is 256 g/mol. The minimum atomic E-state index is 0.208. The van der Waals surface area contributed by atoms with Crippen LogP contribution in [-0.4, -0.2) is 42.3 Å². The third-order valence-electron chi connectivity index (χ3n) is 4.10. The summed E-state index contributed by atoms with van der Waals surface area (Å²) in [6.07, 6.45) is 2.49. The van der Waals surface area contributed by atoms with E-state index in [4.69, 9.17) is 10.5 Å². The Kier molecular flexibility index (Phi) is 5.63. The van der Waals surface area contributed by atoms with Crippen LogP contribution in [-0.2, 0) is 4.74 Å². The molecule has 1 fully saturated rings. The number of nitrogens with zero attached hydrogens (tertiary/aromatic N) is 1. The first-order chi connectivity index (χ1) is 8.31. The van der Waals surface area contributed by atoms with E-state index >= 15 is 0 Å². The second-order valence-electron chi connectivity index (χ2n) is 6.79. The number of nitrogens with two attached hydrogens (primary N) is 1. The van der Waals surface area contributed by atoms with E-state index in [9.17, 15) is 0 Å². The molecule has 0 spiro atoms. The fourth-order valence-corrected chi connectivity index (χ4v) is 3.17. The number of hydrogen-bond acceptors (Lipinski definition) is 3. The SMILES string of the molecule is CCC(N)C(N1CC(C)OCC1CC)C(C)(C)C. The van der Waals surface area contributed by atoms with E-state index in [1.807, 2.05) is 0 Å². The van der Waals surface area contributed by atoms with E-state index in [1.165, 1.54) is 0 Å². The van der Waals surface area contributed by atoms with Crippen molar-refractivity contribution in [3.63, 3.8) is 0 Å². The van der Waals surface area contributed by atoms with Crippen LogP contribution in [0.4, 0.5) is 0 Å². The summed E-state index contributed by atoms with van der Waals surface area (Å²) in [5.74, 6) is 0. The van der Waals surface area contributed by atoms with Gasteiger partial charge in [-0.25, -0.2) is 0 Å². The zero-order valence-electron chi connectivity index (χ0n) is 13.1. The van der Waals surface area contributed by atoms with Crippen LogP contribution >= 0.6 is 0 Å². The molecule has 0 saturated carbocycles.